The minimum Gasteiger partial charge on any atom is -0.460 e. The van der Waals surface area contributed by atoms with Gasteiger partial charge >= 0.3 is 0 Å². The second-order valence-corrected chi connectivity index (χ2v) is 11.8. The second kappa shape index (κ2) is 12.2. The molecule has 0 amide bonds. The van der Waals surface area contributed by atoms with Crippen LogP contribution in [0.15, 0.2) is 91.0 Å². The number of hydrogen-bond donors (Lipinski definition) is 0. The van der Waals surface area contributed by atoms with E-state index in [1.54, 1.807) is 0 Å². The van der Waals surface area contributed by atoms with Gasteiger partial charge in [0.2, 0.25) is 0 Å². The Hall–Kier alpha value is -4.12. The van der Waals surface area contributed by atoms with E-state index in [4.69, 9.17) is 14.7 Å². The average Bonchev–Trinajstić information content (AvgIpc) is 3.35. The topological polar surface area (TPSA) is 43.2 Å². The zero-order valence-corrected chi connectivity index (χ0v) is 24.5. The number of anilines is 1. The van der Waals surface area contributed by atoms with Crippen molar-refractivity contribution in [2.75, 3.05) is 4.90 Å². The maximum atomic E-state index is 6.50. The zero-order chi connectivity index (χ0) is 28.2. The van der Waals surface area contributed by atoms with E-state index in [0.717, 1.165) is 49.4 Å². The molecule has 0 fully saturated rings. The van der Waals surface area contributed by atoms with Gasteiger partial charge in [-0.05, 0) is 47.8 Å². The van der Waals surface area contributed by atoms with Crippen molar-refractivity contribution in [3.63, 3.8) is 0 Å². The standard InChI is InChI=1S/C36H40N4O/c1-26(2)22-40-34-31-21-13-14-27(3)32(31)37-35(33(34)38-36(40)41-25-30-19-11-6-12-20-30)39(23-28-15-7-4-8-16-28)24-29-17-9-5-10-18-29/h4-12,15-20,26-27H,13-14,21-25H2,1-3H3. The van der Waals surface area contributed by atoms with Crippen LogP contribution in [-0.2, 0) is 32.7 Å². The second-order valence-electron chi connectivity index (χ2n) is 11.8. The van der Waals surface area contributed by atoms with Crippen molar-refractivity contribution >= 4 is 16.9 Å². The van der Waals surface area contributed by atoms with E-state index < -0.39 is 0 Å². The van der Waals surface area contributed by atoms with Gasteiger partial charge in [-0.3, -0.25) is 4.57 Å². The minimum absolute atomic E-state index is 0.410. The molecule has 3 aromatic carbocycles. The highest BCUT2D eigenvalue weighted by Gasteiger charge is 2.29. The van der Waals surface area contributed by atoms with Gasteiger partial charge in [0, 0.05) is 25.2 Å². The van der Waals surface area contributed by atoms with Gasteiger partial charge in [0.15, 0.2) is 5.82 Å². The zero-order valence-electron chi connectivity index (χ0n) is 24.5. The first-order valence-electron chi connectivity index (χ1n) is 15.0. The van der Waals surface area contributed by atoms with E-state index in [9.17, 15) is 0 Å². The molecule has 0 aliphatic heterocycles. The van der Waals surface area contributed by atoms with Gasteiger partial charge in [-0.15, -0.1) is 0 Å². The number of nitrogens with zero attached hydrogens (tertiary/aromatic N) is 4. The number of aromatic nitrogens is 3. The van der Waals surface area contributed by atoms with Crippen LogP contribution in [0.4, 0.5) is 5.82 Å². The van der Waals surface area contributed by atoms with Crippen LogP contribution >= 0.6 is 0 Å². The molecule has 0 saturated carbocycles. The lowest BCUT2D eigenvalue weighted by atomic mass is 9.87. The Morgan fingerprint density at radius 1 is 0.829 bits per heavy atom. The number of ether oxygens (including phenoxy) is 1. The molecule has 5 aromatic rings. The Labute approximate surface area is 243 Å². The molecule has 0 N–H and O–H groups in total. The Kier molecular flexibility index (Phi) is 8.04. The summed E-state index contributed by atoms with van der Waals surface area (Å²) in [5, 5.41) is 0. The van der Waals surface area contributed by atoms with Crippen molar-refractivity contribution in [3.05, 3.63) is 119 Å². The van der Waals surface area contributed by atoms with Crippen LogP contribution in [0, 0.1) is 5.92 Å². The Bertz CT molecular complexity index is 1540. The molecule has 5 heteroatoms. The van der Waals surface area contributed by atoms with Crippen LogP contribution in [0.1, 0.15) is 67.5 Å². The van der Waals surface area contributed by atoms with Gasteiger partial charge in [0.05, 0.1) is 11.2 Å². The van der Waals surface area contributed by atoms with E-state index in [1.807, 2.05) is 6.07 Å². The Morgan fingerprint density at radius 2 is 1.41 bits per heavy atom. The van der Waals surface area contributed by atoms with Gasteiger partial charge in [0.25, 0.3) is 6.01 Å². The summed E-state index contributed by atoms with van der Waals surface area (Å²) in [7, 11) is 0. The predicted molar refractivity (Wildman–Crippen MR) is 167 cm³/mol. The molecule has 1 atom stereocenters. The summed E-state index contributed by atoms with van der Waals surface area (Å²) in [5.74, 6) is 1.81. The summed E-state index contributed by atoms with van der Waals surface area (Å²) in [5.41, 5.74) is 8.39. The molecular formula is C36H40N4O. The largest absolute Gasteiger partial charge is 0.460 e. The van der Waals surface area contributed by atoms with Crippen molar-refractivity contribution in [1.29, 1.82) is 0 Å². The monoisotopic (exact) mass is 544 g/mol. The van der Waals surface area contributed by atoms with E-state index in [-0.39, 0.29) is 0 Å². The fourth-order valence-corrected chi connectivity index (χ4v) is 6.03. The third kappa shape index (κ3) is 6.00. The van der Waals surface area contributed by atoms with Crippen LogP contribution in [0.2, 0.25) is 0 Å². The number of aryl methyl sites for hydroxylation is 1. The first-order valence-corrected chi connectivity index (χ1v) is 15.0. The summed E-state index contributed by atoms with van der Waals surface area (Å²) in [4.78, 5) is 13.1. The smallest absolute Gasteiger partial charge is 0.297 e. The number of fused-ring (bicyclic) bond motifs is 3. The number of hydrogen-bond acceptors (Lipinski definition) is 4. The summed E-state index contributed by atoms with van der Waals surface area (Å²) in [6.07, 6.45) is 3.37. The molecule has 2 aromatic heterocycles. The number of imidazole rings is 1. The molecule has 6 rings (SSSR count). The van der Waals surface area contributed by atoms with Crippen molar-refractivity contribution in [3.8, 4) is 6.01 Å². The molecule has 0 spiro atoms. The Morgan fingerprint density at radius 3 is 2.00 bits per heavy atom. The average molecular weight is 545 g/mol. The number of pyridine rings is 1. The number of rotatable bonds is 10. The normalized spacial score (nSPS) is 14.8. The fourth-order valence-electron chi connectivity index (χ4n) is 6.03. The summed E-state index contributed by atoms with van der Waals surface area (Å²) < 4.78 is 8.85. The lowest BCUT2D eigenvalue weighted by molar-refractivity contribution is 0.263. The molecule has 210 valence electrons. The van der Waals surface area contributed by atoms with Gasteiger partial charge < -0.3 is 9.64 Å². The van der Waals surface area contributed by atoms with E-state index >= 15 is 0 Å². The van der Waals surface area contributed by atoms with Gasteiger partial charge in [-0.25, -0.2) is 4.98 Å². The third-order valence-corrected chi connectivity index (χ3v) is 7.99. The SMILES string of the molecule is CC(C)Cn1c(OCc2ccccc2)nc2c(N(Cc3ccccc3)Cc3ccccc3)nc3c(c21)CCCC3C. The first-order chi connectivity index (χ1) is 20.1. The summed E-state index contributed by atoms with van der Waals surface area (Å²) in [6.45, 7) is 9.70. The van der Waals surface area contributed by atoms with Crippen LogP contribution < -0.4 is 9.64 Å². The van der Waals surface area contributed by atoms with Crippen LogP contribution in [-0.4, -0.2) is 14.5 Å². The summed E-state index contributed by atoms with van der Waals surface area (Å²) in [6, 6.07) is 32.4. The lowest BCUT2D eigenvalue weighted by Crippen LogP contribution is -2.25. The molecule has 0 saturated heterocycles. The highest BCUT2D eigenvalue weighted by Crippen LogP contribution is 2.41. The number of benzene rings is 3. The molecule has 1 aliphatic carbocycles. The molecule has 41 heavy (non-hydrogen) atoms. The lowest BCUT2D eigenvalue weighted by Gasteiger charge is -2.29. The van der Waals surface area contributed by atoms with E-state index in [2.05, 4.69) is 115 Å². The Balaban J connectivity index is 1.53. The van der Waals surface area contributed by atoms with Crippen molar-refractivity contribution in [2.45, 2.75) is 72.2 Å². The van der Waals surface area contributed by atoms with Crippen molar-refractivity contribution in [1.82, 2.24) is 14.5 Å². The maximum Gasteiger partial charge on any atom is 0.297 e. The molecule has 2 heterocycles. The van der Waals surface area contributed by atoms with Crippen LogP contribution in [0.3, 0.4) is 0 Å². The first kappa shape index (κ1) is 27.1. The molecular weight excluding hydrogens is 504 g/mol. The van der Waals surface area contributed by atoms with E-state index in [0.29, 0.717) is 24.5 Å². The molecule has 5 nitrogen and oxygen atoms in total. The van der Waals surface area contributed by atoms with Gasteiger partial charge in [-0.2, -0.15) is 4.98 Å². The van der Waals surface area contributed by atoms with Crippen molar-refractivity contribution in [2.24, 2.45) is 5.92 Å². The minimum atomic E-state index is 0.410. The van der Waals surface area contributed by atoms with E-state index in [1.165, 1.54) is 34.3 Å². The quantitative estimate of drug-likeness (QED) is 0.177. The highest BCUT2D eigenvalue weighted by atomic mass is 16.5. The van der Waals surface area contributed by atoms with Crippen LogP contribution in [0.25, 0.3) is 11.0 Å². The maximum absolute atomic E-state index is 6.50. The fraction of sp³-hybridized carbons (Fsp3) is 0.333. The molecule has 1 aliphatic rings. The predicted octanol–water partition coefficient (Wildman–Crippen LogP) is 8.31. The van der Waals surface area contributed by atoms with Crippen molar-refractivity contribution < 1.29 is 4.74 Å². The highest BCUT2D eigenvalue weighted by molar-refractivity contribution is 5.91. The van der Waals surface area contributed by atoms with Gasteiger partial charge in [0.1, 0.15) is 12.1 Å². The van der Waals surface area contributed by atoms with Crippen LogP contribution in [0.5, 0.6) is 6.01 Å². The molecule has 0 bridgehead atoms. The third-order valence-electron chi connectivity index (χ3n) is 7.99. The molecule has 0 radical (unpaired) electrons. The van der Waals surface area contributed by atoms with Gasteiger partial charge in [-0.1, -0.05) is 112 Å². The summed E-state index contributed by atoms with van der Waals surface area (Å²) >= 11 is 0. The molecule has 1 unspecified atom stereocenters.